The van der Waals surface area contributed by atoms with Crippen LogP contribution in [-0.2, 0) is 11.3 Å². The number of anilines is 1. The fourth-order valence-electron chi connectivity index (χ4n) is 1.44. The van der Waals surface area contributed by atoms with Gasteiger partial charge in [-0.2, -0.15) is 0 Å². The Bertz CT molecular complexity index is 514. The molecule has 0 heterocycles. The molecule has 0 spiro atoms. The molecule has 2 unspecified atom stereocenters. The van der Waals surface area contributed by atoms with Gasteiger partial charge in [0.1, 0.15) is 5.60 Å². The first kappa shape index (κ1) is 27.6. The minimum Gasteiger partial charge on any atom is -0.444 e. The summed E-state index contributed by atoms with van der Waals surface area (Å²) in [6, 6.07) is 7.85. The highest BCUT2D eigenvalue weighted by atomic mass is 31.0. The molecule has 3 N–H and O–H groups in total. The number of ether oxygens (including phenoxy) is 1. The van der Waals surface area contributed by atoms with Crippen LogP contribution >= 0.6 is 9.24 Å². The fraction of sp³-hybridized carbons (Fsp3) is 0.619. The van der Waals surface area contributed by atoms with Gasteiger partial charge >= 0.3 is 6.09 Å². The zero-order chi connectivity index (χ0) is 21.3. The molecular formula is C21H40N3O2P. The molecule has 5 nitrogen and oxygen atoms in total. The van der Waals surface area contributed by atoms with Gasteiger partial charge in [0.15, 0.2) is 0 Å². The maximum Gasteiger partial charge on any atom is 0.407 e. The highest BCUT2D eigenvalue weighted by Gasteiger charge is 2.15. The molecule has 0 saturated carbocycles. The van der Waals surface area contributed by atoms with E-state index >= 15 is 0 Å². The van der Waals surface area contributed by atoms with Gasteiger partial charge in [-0.15, -0.1) is 9.24 Å². The minimum absolute atomic E-state index is 0.396. The third-order valence-electron chi connectivity index (χ3n) is 3.27. The predicted octanol–water partition coefficient (Wildman–Crippen LogP) is 5.71. The summed E-state index contributed by atoms with van der Waals surface area (Å²) in [4.78, 5) is 11.4. The standard InChI is InChI=1S/C13H20N2O2.C5H11N.C3H9P/c1-13(2,3)17-12(16)15-9-10-6-5-7-11(8-10)14-4;1-3-5(2)4-6;1-2-3-4/h5-8,14H,9H2,1-4H3,(H,15,16);4-6H,3H2,1-2H3;2-4H2,1H3. The Hall–Kier alpha value is -1.61. The van der Waals surface area contributed by atoms with E-state index in [1.807, 2.05) is 59.0 Å². The summed E-state index contributed by atoms with van der Waals surface area (Å²) < 4.78 is 5.15. The molecule has 1 aromatic carbocycles. The van der Waals surface area contributed by atoms with E-state index in [4.69, 9.17) is 10.1 Å². The SMILES string of the molecule is CCC(C)C=N.CCCP.CNc1cccc(CNC(=O)OC(C)(C)C)c1. The van der Waals surface area contributed by atoms with Crippen molar-refractivity contribution in [1.29, 1.82) is 5.41 Å². The maximum atomic E-state index is 11.4. The van der Waals surface area contributed by atoms with Gasteiger partial charge in [0.25, 0.3) is 0 Å². The van der Waals surface area contributed by atoms with Gasteiger partial charge in [0, 0.05) is 19.3 Å². The summed E-state index contributed by atoms with van der Waals surface area (Å²) in [6.45, 7) is 12.3. The molecule has 1 aromatic rings. The van der Waals surface area contributed by atoms with Crippen LogP contribution in [0.15, 0.2) is 24.3 Å². The summed E-state index contributed by atoms with van der Waals surface area (Å²) >= 11 is 0. The normalized spacial score (nSPS) is 11.0. The molecule has 6 heteroatoms. The second kappa shape index (κ2) is 16.6. The smallest absolute Gasteiger partial charge is 0.407 e. The third-order valence-corrected chi connectivity index (χ3v) is 3.85. The van der Waals surface area contributed by atoms with Crippen LogP contribution in [0.2, 0.25) is 0 Å². The van der Waals surface area contributed by atoms with Crippen molar-refractivity contribution in [3.05, 3.63) is 29.8 Å². The molecule has 0 radical (unpaired) electrons. The number of nitrogens with one attached hydrogen (secondary N) is 3. The van der Waals surface area contributed by atoms with Crippen molar-refractivity contribution in [3.63, 3.8) is 0 Å². The first-order valence-electron chi connectivity index (χ1n) is 9.57. The highest BCUT2D eigenvalue weighted by Crippen LogP contribution is 2.10. The first-order valence-corrected chi connectivity index (χ1v) is 10.4. The molecule has 27 heavy (non-hydrogen) atoms. The van der Waals surface area contributed by atoms with Crippen LogP contribution in [-0.4, -0.2) is 31.1 Å². The lowest BCUT2D eigenvalue weighted by atomic mass is 10.1. The average molecular weight is 398 g/mol. The van der Waals surface area contributed by atoms with Crippen LogP contribution in [0, 0.1) is 11.3 Å². The first-order chi connectivity index (χ1) is 12.6. The van der Waals surface area contributed by atoms with Crippen LogP contribution in [0.5, 0.6) is 0 Å². The molecule has 0 aliphatic rings. The Kier molecular flexibility index (Phi) is 16.9. The Morgan fingerprint density at radius 3 is 2.30 bits per heavy atom. The lowest BCUT2D eigenvalue weighted by molar-refractivity contribution is 0.0523. The van der Waals surface area contributed by atoms with Gasteiger partial charge < -0.3 is 20.8 Å². The number of benzene rings is 1. The van der Waals surface area contributed by atoms with Crippen molar-refractivity contribution in [2.75, 3.05) is 18.5 Å². The molecule has 1 amide bonds. The van der Waals surface area contributed by atoms with Gasteiger partial charge in [-0.1, -0.05) is 39.3 Å². The fourth-order valence-corrected chi connectivity index (χ4v) is 1.44. The minimum atomic E-state index is -0.461. The quantitative estimate of drug-likeness (QED) is 0.425. The number of hydrogen-bond acceptors (Lipinski definition) is 4. The monoisotopic (exact) mass is 397 g/mol. The molecular weight excluding hydrogens is 357 g/mol. The van der Waals surface area contributed by atoms with E-state index in [0.717, 1.165) is 17.7 Å². The van der Waals surface area contributed by atoms with E-state index in [-0.39, 0.29) is 0 Å². The molecule has 0 bridgehead atoms. The molecule has 0 aliphatic carbocycles. The molecule has 2 atom stereocenters. The molecule has 1 rings (SSSR count). The number of alkyl carbamates (subject to hydrolysis) is 1. The molecule has 0 fully saturated rings. The average Bonchev–Trinajstić information content (AvgIpc) is 2.65. The summed E-state index contributed by atoms with van der Waals surface area (Å²) in [6.07, 6.45) is 4.68. The summed E-state index contributed by atoms with van der Waals surface area (Å²) in [5, 5.41) is 12.5. The summed E-state index contributed by atoms with van der Waals surface area (Å²) in [7, 11) is 4.52. The van der Waals surface area contributed by atoms with E-state index in [9.17, 15) is 4.79 Å². The van der Waals surface area contributed by atoms with Gasteiger partial charge in [-0.3, -0.25) is 0 Å². The molecule has 0 aromatic heterocycles. The van der Waals surface area contributed by atoms with Crippen LogP contribution in [0.3, 0.4) is 0 Å². The number of carbonyl (C=O) groups excluding carboxylic acids is 1. The van der Waals surface area contributed by atoms with Crippen LogP contribution in [0.4, 0.5) is 10.5 Å². The van der Waals surface area contributed by atoms with Gasteiger partial charge in [-0.05, 0) is 63.2 Å². The second-order valence-electron chi connectivity index (χ2n) is 7.15. The summed E-state index contributed by atoms with van der Waals surface area (Å²) in [5.74, 6) is 0.477. The zero-order valence-electron chi connectivity index (χ0n) is 18.2. The predicted molar refractivity (Wildman–Crippen MR) is 122 cm³/mol. The van der Waals surface area contributed by atoms with Crippen molar-refractivity contribution >= 4 is 27.2 Å². The molecule has 156 valence electrons. The lowest BCUT2D eigenvalue weighted by Crippen LogP contribution is -2.32. The van der Waals surface area contributed by atoms with Gasteiger partial charge in [0.05, 0.1) is 0 Å². The van der Waals surface area contributed by atoms with E-state index in [2.05, 4.69) is 33.7 Å². The van der Waals surface area contributed by atoms with Crippen LogP contribution in [0.1, 0.15) is 59.9 Å². The Morgan fingerprint density at radius 2 is 1.93 bits per heavy atom. The lowest BCUT2D eigenvalue weighted by Gasteiger charge is -2.19. The highest BCUT2D eigenvalue weighted by molar-refractivity contribution is 7.16. The van der Waals surface area contributed by atoms with E-state index in [1.54, 1.807) is 0 Å². The van der Waals surface area contributed by atoms with Crippen molar-refractivity contribution in [1.82, 2.24) is 5.32 Å². The summed E-state index contributed by atoms with van der Waals surface area (Å²) in [5.41, 5.74) is 1.59. The van der Waals surface area contributed by atoms with Crippen molar-refractivity contribution < 1.29 is 9.53 Å². The number of amides is 1. The molecule has 0 aliphatic heterocycles. The number of rotatable bonds is 6. The van der Waals surface area contributed by atoms with Crippen molar-refractivity contribution in [2.45, 2.75) is 66.5 Å². The van der Waals surface area contributed by atoms with Gasteiger partial charge in [0.2, 0.25) is 0 Å². The van der Waals surface area contributed by atoms with E-state index in [1.165, 1.54) is 18.8 Å². The second-order valence-corrected chi connectivity index (χ2v) is 7.72. The van der Waals surface area contributed by atoms with Crippen molar-refractivity contribution in [2.24, 2.45) is 5.92 Å². The topological polar surface area (TPSA) is 74.2 Å². The van der Waals surface area contributed by atoms with Crippen LogP contribution in [0.25, 0.3) is 0 Å². The largest absolute Gasteiger partial charge is 0.444 e. The Labute approximate surface area is 168 Å². The third kappa shape index (κ3) is 19.0. The van der Waals surface area contributed by atoms with Crippen LogP contribution < -0.4 is 10.6 Å². The van der Waals surface area contributed by atoms with Crippen molar-refractivity contribution in [3.8, 4) is 0 Å². The maximum absolute atomic E-state index is 11.4. The number of hydrogen-bond donors (Lipinski definition) is 3. The zero-order valence-corrected chi connectivity index (χ0v) is 19.3. The Balaban J connectivity index is 0. The van der Waals surface area contributed by atoms with E-state index in [0.29, 0.717) is 12.5 Å². The number of carbonyl (C=O) groups is 1. The van der Waals surface area contributed by atoms with E-state index < -0.39 is 11.7 Å². The molecule has 0 saturated heterocycles. The Morgan fingerprint density at radius 1 is 1.33 bits per heavy atom. The van der Waals surface area contributed by atoms with Gasteiger partial charge in [-0.25, -0.2) is 4.79 Å².